The summed E-state index contributed by atoms with van der Waals surface area (Å²) in [6.45, 7) is 6.16. The molecule has 0 bridgehead atoms. The van der Waals surface area contributed by atoms with Crippen molar-refractivity contribution >= 4 is 12.1 Å². The van der Waals surface area contributed by atoms with Gasteiger partial charge in [0.25, 0.3) is 0 Å². The van der Waals surface area contributed by atoms with E-state index in [1.807, 2.05) is 6.21 Å². The topological polar surface area (TPSA) is 28.0 Å². The molecule has 17 heavy (non-hydrogen) atoms. The summed E-state index contributed by atoms with van der Waals surface area (Å²) in [6.07, 6.45) is 12.1. The molecular weight excluding hydrogens is 210 g/mol. The monoisotopic (exact) mass is 231 g/mol. The Morgan fingerprint density at radius 2 is 2.12 bits per heavy atom. The SMILES string of the molecule is CC(C)C1=CN2C/C=C/CCCCN=C2C=N1. The van der Waals surface area contributed by atoms with Crippen LogP contribution in [0.3, 0.4) is 0 Å². The Morgan fingerprint density at radius 3 is 2.94 bits per heavy atom. The van der Waals surface area contributed by atoms with Gasteiger partial charge in [0.05, 0.1) is 11.9 Å². The zero-order valence-electron chi connectivity index (χ0n) is 10.8. The van der Waals surface area contributed by atoms with Gasteiger partial charge in [-0.25, -0.2) is 0 Å². The molecule has 0 saturated carbocycles. The van der Waals surface area contributed by atoms with E-state index in [9.17, 15) is 0 Å². The van der Waals surface area contributed by atoms with Gasteiger partial charge in [-0.15, -0.1) is 0 Å². The molecule has 0 aromatic heterocycles. The summed E-state index contributed by atoms with van der Waals surface area (Å²) >= 11 is 0. The summed E-state index contributed by atoms with van der Waals surface area (Å²) in [6, 6.07) is 0. The molecule has 2 heterocycles. The first-order valence-corrected chi connectivity index (χ1v) is 6.49. The number of fused-ring (bicyclic) bond motifs is 1. The second-order valence-electron chi connectivity index (χ2n) is 4.83. The molecule has 0 fully saturated rings. The molecule has 0 aromatic rings. The van der Waals surface area contributed by atoms with Gasteiger partial charge < -0.3 is 4.90 Å². The molecule has 0 unspecified atom stereocenters. The maximum absolute atomic E-state index is 4.62. The summed E-state index contributed by atoms with van der Waals surface area (Å²) in [5.41, 5.74) is 1.13. The summed E-state index contributed by atoms with van der Waals surface area (Å²) in [5.74, 6) is 1.47. The van der Waals surface area contributed by atoms with Crippen molar-refractivity contribution in [1.82, 2.24) is 4.90 Å². The molecule has 0 aromatic carbocycles. The van der Waals surface area contributed by atoms with Crippen LogP contribution in [0.25, 0.3) is 0 Å². The van der Waals surface area contributed by atoms with Crippen LogP contribution in [0.5, 0.6) is 0 Å². The maximum atomic E-state index is 4.62. The second-order valence-corrected chi connectivity index (χ2v) is 4.83. The molecular formula is C14H21N3. The lowest BCUT2D eigenvalue weighted by Crippen LogP contribution is -2.31. The van der Waals surface area contributed by atoms with Crippen LogP contribution in [0.1, 0.15) is 33.1 Å². The molecule has 92 valence electrons. The largest absolute Gasteiger partial charge is 0.326 e. The van der Waals surface area contributed by atoms with Gasteiger partial charge in [-0.05, 0) is 25.2 Å². The van der Waals surface area contributed by atoms with E-state index >= 15 is 0 Å². The molecule has 0 radical (unpaired) electrons. The standard InChI is InChI=1S/C14H21N3/c1-12(2)13-11-17-9-7-5-3-4-6-8-15-14(17)10-16-13/h5,7,10-12H,3-4,6,8-9H2,1-2H3/b7-5+,15-14?. The fourth-order valence-electron chi connectivity index (χ4n) is 1.92. The van der Waals surface area contributed by atoms with Gasteiger partial charge >= 0.3 is 0 Å². The van der Waals surface area contributed by atoms with Crippen molar-refractivity contribution in [2.45, 2.75) is 33.1 Å². The molecule has 0 spiro atoms. The van der Waals surface area contributed by atoms with Gasteiger partial charge in [0.15, 0.2) is 0 Å². The average molecular weight is 231 g/mol. The molecule has 2 aliphatic rings. The van der Waals surface area contributed by atoms with Crippen molar-refractivity contribution in [2.24, 2.45) is 15.9 Å². The van der Waals surface area contributed by atoms with Crippen LogP contribution in [0.2, 0.25) is 0 Å². The highest BCUT2D eigenvalue weighted by Crippen LogP contribution is 2.16. The highest BCUT2D eigenvalue weighted by molar-refractivity contribution is 6.30. The van der Waals surface area contributed by atoms with Gasteiger partial charge in [-0.1, -0.05) is 26.0 Å². The predicted octanol–water partition coefficient (Wildman–Crippen LogP) is 3.01. The van der Waals surface area contributed by atoms with Gasteiger partial charge in [0.2, 0.25) is 0 Å². The lowest BCUT2D eigenvalue weighted by atomic mass is 10.1. The quantitative estimate of drug-likeness (QED) is 0.637. The van der Waals surface area contributed by atoms with E-state index in [2.05, 4.69) is 47.1 Å². The van der Waals surface area contributed by atoms with Crippen LogP contribution in [-0.4, -0.2) is 30.0 Å². The minimum absolute atomic E-state index is 0.465. The molecule has 3 heteroatoms. The molecule has 0 saturated heterocycles. The number of rotatable bonds is 1. The van der Waals surface area contributed by atoms with E-state index in [0.717, 1.165) is 31.0 Å². The van der Waals surface area contributed by atoms with Crippen LogP contribution >= 0.6 is 0 Å². The number of amidine groups is 1. The summed E-state index contributed by atoms with van der Waals surface area (Å²) in [5, 5.41) is 0. The predicted molar refractivity (Wildman–Crippen MR) is 73.4 cm³/mol. The Labute approximate surface area is 104 Å². The number of aliphatic imine (C=N–C) groups is 2. The maximum Gasteiger partial charge on any atom is 0.146 e. The van der Waals surface area contributed by atoms with Crippen LogP contribution in [-0.2, 0) is 0 Å². The van der Waals surface area contributed by atoms with Crippen molar-refractivity contribution in [3.63, 3.8) is 0 Å². The Hall–Kier alpha value is -1.38. The minimum Gasteiger partial charge on any atom is -0.326 e. The van der Waals surface area contributed by atoms with E-state index in [1.54, 1.807) is 0 Å². The van der Waals surface area contributed by atoms with Gasteiger partial charge in [-0.3, -0.25) is 9.98 Å². The van der Waals surface area contributed by atoms with Gasteiger partial charge in [-0.2, -0.15) is 0 Å². The smallest absolute Gasteiger partial charge is 0.146 e. The fraction of sp³-hybridized carbons (Fsp3) is 0.571. The third-order valence-electron chi connectivity index (χ3n) is 3.02. The Bertz CT molecular complexity index is 375. The van der Waals surface area contributed by atoms with Crippen LogP contribution < -0.4 is 0 Å². The zero-order chi connectivity index (χ0) is 12.1. The van der Waals surface area contributed by atoms with E-state index in [1.165, 1.54) is 12.8 Å². The van der Waals surface area contributed by atoms with E-state index < -0.39 is 0 Å². The summed E-state index contributed by atoms with van der Waals surface area (Å²) in [7, 11) is 0. The highest BCUT2D eigenvalue weighted by Gasteiger charge is 2.14. The van der Waals surface area contributed by atoms with Gasteiger partial charge in [0, 0.05) is 19.3 Å². The first kappa shape index (κ1) is 12.1. The Morgan fingerprint density at radius 1 is 1.24 bits per heavy atom. The number of allylic oxidation sites excluding steroid dienone is 2. The lowest BCUT2D eigenvalue weighted by Gasteiger charge is -2.24. The van der Waals surface area contributed by atoms with Gasteiger partial charge in [0.1, 0.15) is 5.84 Å². The third-order valence-corrected chi connectivity index (χ3v) is 3.02. The van der Waals surface area contributed by atoms with E-state index in [0.29, 0.717) is 5.92 Å². The van der Waals surface area contributed by atoms with Crippen molar-refractivity contribution in [3.8, 4) is 0 Å². The van der Waals surface area contributed by atoms with Crippen LogP contribution in [0, 0.1) is 5.92 Å². The highest BCUT2D eigenvalue weighted by atomic mass is 15.2. The van der Waals surface area contributed by atoms with E-state index in [4.69, 9.17) is 0 Å². The molecule has 0 aliphatic carbocycles. The molecule has 2 rings (SSSR count). The second kappa shape index (κ2) is 5.80. The van der Waals surface area contributed by atoms with E-state index in [-0.39, 0.29) is 0 Å². The zero-order valence-corrected chi connectivity index (χ0v) is 10.8. The summed E-state index contributed by atoms with van der Waals surface area (Å²) < 4.78 is 0. The van der Waals surface area contributed by atoms with Crippen molar-refractivity contribution in [2.75, 3.05) is 13.1 Å². The molecule has 3 nitrogen and oxygen atoms in total. The summed E-state index contributed by atoms with van der Waals surface area (Å²) in [4.78, 5) is 11.3. The molecule has 2 aliphatic heterocycles. The molecule has 0 amide bonds. The van der Waals surface area contributed by atoms with Crippen LogP contribution in [0.4, 0.5) is 0 Å². The van der Waals surface area contributed by atoms with Crippen molar-refractivity contribution in [1.29, 1.82) is 0 Å². The first-order chi connectivity index (χ1) is 8.27. The molecule has 0 atom stereocenters. The normalized spacial score (nSPS) is 22.9. The minimum atomic E-state index is 0.465. The van der Waals surface area contributed by atoms with Crippen LogP contribution in [0.15, 0.2) is 34.0 Å². The number of hydrogen-bond donors (Lipinski definition) is 0. The number of hydrogen-bond acceptors (Lipinski definition) is 3. The average Bonchev–Trinajstić information content (AvgIpc) is 2.34. The van der Waals surface area contributed by atoms with Crippen molar-refractivity contribution < 1.29 is 0 Å². The third kappa shape index (κ3) is 3.29. The Balaban J connectivity index is 2.17. The first-order valence-electron chi connectivity index (χ1n) is 6.49. The van der Waals surface area contributed by atoms with Crippen molar-refractivity contribution in [3.05, 3.63) is 24.0 Å². The molecule has 0 N–H and O–H groups in total. The Kier molecular flexibility index (Phi) is 4.13. The fourth-order valence-corrected chi connectivity index (χ4v) is 1.92. The number of nitrogens with zero attached hydrogens (tertiary/aromatic N) is 3. The lowest BCUT2D eigenvalue weighted by molar-refractivity contribution is 0.588.